The van der Waals surface area contributed by atoms with Crippen molar-refractivity contribution >= 4 is 5.91 Å². The molecule has 0 aliphatic rings. The Balaban J connectivity index is 3.20. The maximum atomic E-state index is 11.0. The number of carbonyl (C=O) groups is 1. The van der Waals surface area contributed by atoms with E-state index in [4.69, 9.17) is 9.94 Å². The Bertz CT molecular complexity index is 137. The van der Waals surface area contributed by atoms with Gasteiger partial charge in [0.1, 0.15) is 6.61 Å². The van der Waals surface area contributed by atoms with Crippen molar-refractivity contribution in [2.24, 2.45) is 0 Å². The summed E-state index contributed by atoms with van der Waals surface area (Å²) in [5.74, 6) is -0.117. The van der Waals surface area contributed by atoms with Gasteiger partial charge in [0.25, 0.3) is 0 Å². The van der Waals surface area contributed by atoms with Crippen LogP contribution < -0.4 is 5.48 Å². The van der Waals surface area contributed by atoms with Gasteiger partial charge in [0, 0.05) is 6.42 Å². The molecule has 0 spiro atoms. The first-order valence-corrected chi connectivity index (χ1v) is 4.75. The van der Waals surface area contributed by atoms with Gasteiger partial charge in [0.2, 0.25) is 5.91 Å². The van der Waals surface area contributed by atoms with Crippen LogP contribution in [0.5, 0.6) is 0 Å². The van der Waals surface area contributed by atoms with Crippen molar-refractivity contribution in [2.75, 3.05) is 6.61 Å². The van der Waals surface area contributed by atoms with E-state index < -0.39 is 6.10 Å². The average Bonchev–Trinajstić information content (AvgIpc) is 2.04. The summed E-state index contributed by atoms with van der Waals surface area (Å²) >= 11 is 0. The lowest BCUT2D eigenvalue weighted by molar-refractivity contribution is -0.135. The zero-order valence-corrected chi connectivity index (χ0v) is 8.38. The van der Waals surface area contributed by atoms with Crippen LogP contribution in [0.3, 0.4) is 0 Å². The molecular formula is C9H19NO3. The van der Waals surface area contributed by atoms with Crippen molar-refractivity contribution in [1.29, 1.82) is 0 Å². The van der Waals surface area contributed by atoms with E-state index in [-0.39, 0.29) is 12.5 Å². The average molecular weight is 189 g/mol. The Hall–Kier alpha value is -0.610. The molecule has 0 aliphatic carbocycles. The highest BCUT2D eigenvalue weighted by Gasteiger charge is 2.01. The Labute approximate surface area is 79.2 Å². The molecule has 0 bridgehead atoms. The summed E-state index contributed by atoms with van der Waals surface area (Å²) < 4.78 is 0. The molecule has 0 fully saturated rings. The summed E-state index contributed by atoms with van der Waals surface area (Å²) in [6.07, 6.45) is 3.00. The zero-order chi connectivity index (χ0) is 10.1. The van der Waals surface area contributed by atoms with Gasteiger partial charge in [-0.05, 0) is 13.3 Å². The van der Waals surface area contributed by atoms with Crippen molar-refractivity contribution < 1.29 is 14.7 Å². The Morgan fingerprint density at radius 1 is 1.54 bits per heavy atom. The molecule has 1 atom stereocenters. The summed E-state index contributed by atoms with van der Waals surface area (Å²) in [5.41, 5.74) is 2.27. The number of hydroxylamine groups is 1. The first-order chi connectivity index (χ1) is 6.16. The summed E-state index contributed by atoms with van der Waals surface area (Å²) in [4.78, 5) is 15.7. The third-order valence-corrected chi connectivity index (χ3v) is 1.52. The van der Waals surface area contributed by atoms with Crippen molar-refractivity contribution in [2.45, 2.75) is 45.6 Å². The van der Waals surface area contributed by atoms with Crippen molar-refractivity contribution in [3.63, 3.8) is 0 Å². The normalized spacial score (nSPS) is 12.5. The standard InChI is InChI=1S/C9H19NO3/c1-3-4-5-6-9(12)10-13-7-8(2)11/h8,11H,3-7H2,1-2H3,(H,10,12). The molecule has 0 aromatic carbocycles. The van der Waals surface area contributed by atoms with Crippen LogP contribution in [-0.2, 0) is 9.63 Å². The minimum absolute atomic E-state index is 0.117. The summed E-state index contributed by atoms with van der Waals surface area (Å²) in [6, 6.07) is 0. The van der Waals surface area contributed by atoms with Crippen LogP contribution in [0.15, 0.2) is 0 Å². The van der Waals surface area contributed by atoms with Crippen LogP contribution in [-0.4, -0.2) is 23.7 Å². The number of unbranched alkanes of at least 4 members (excludes halogenated alkanes) is 2. The van der Waals surface area contributed by atoms with Gasteiger partial charge in [0.05, 0.1) is 6.10 Å². The monoisotopic (exact) mass is 189 g/mol. The van der Waals surface area contributed by atoms with Gasteiger partial charge in [-0.15, -0.1) is 0 Å². The van der Waals surface area contributed by atoms with Crippen LogP contribution in [0.1, 0.15) is 39.5 Å². The number of rotatable bonds is 7. The molecule has 0 aliphatic heterocycles. The summed E-state index contributed by atoms with van der Waals surface area (Å²) in [5, 5.41) is 8.80. The third kappa shape index (κ3) is 9.30. The first kappa shape index (κ1) is 12.4. The number of aliphatic hydroxyl groups is 1. The molecule has 0 rings (SSSR count). The topological polar surface area (TPSA) is 58.6 Å². The molecule has 0 radical (unpaired) electrons. The van der Waals surface area contributed by atoms with E-state index in [1.165, 1.54) is 0 Å². The van der Waals surface area contributed by atoms with E-state index in [1.807, 2.05) is 0 Å². The summed E-state index contributed by atoms with van der Waals surface area (Å²) in [6.45, 7) is 3.82. The molecule has 0 aromatic heterocycles. The molecule has 4 nitrogen and oxygen atoms in total. The van der Waals surface area contributed by atoms with E-state index in [0.717, 1.165) is 19.3 Å². The fraction of sp³-hybridized carbons (Fsp3) is 0.889. The fourth-order valence-electron chi connectivity index (χ4n) is 0.829. The number of hydrogen-bond acceptors (Lipinski definition) is 3. The lowest BCUT2D eigenvalue weighted by Crippen LogP contribution is -2.27. The van der Waals surface area contributed by atoms with E-state index in [0.29, 0.717) is 6.42 Å². The predicted octanol–water partition coefficient (Wildman–Crippen LogP) is 0.995. The highest BCUT2D eigenvalue weighted by atomic mass is 16.7. The van der Waals surface area contributed by atoms with Crippen LogP contribution in [0, 0.1) is 0 Å². The van der Waals surface area contributed by atoms with Gasteiger partial charge in [-0.2, -0.15) is 0 Å². The number of hydrogen-bond donors (Lipinski definition) is 2. The SMILES string of the molecule is CCCCCC(=O)NOCC(C)O. The number of nitrogens with one attached hydrogen (secondary N) is 1. The number of aliphatic hydroxyl groups excluding tert-OH is 1. The Kier molecular flexibility index (Phi) is 7.63. The Morgan fingerprint density at radius 3 is 2.77 bits per heavy atom. The highest BCUT2D eigenvalue weighted by Crippen LogP contribution is 1.98. The van der Waals surface area contributed by atoms with Crippen molar-refractivity contribution in [3.8, 4) is 0 Å². The fourth-order valence-corrected chi connectivity index (χ4v) is 0.829. The molecular weight excluding hydrogens is 170 g/mol. The maximum absolute atomic E-state index is 11.0. The molecule has 0 heterocycles. The van der Waals surface area contributed by atoms with E-state index >= 15 is 0 Å². The van der Waals surface area contributed by atoms with E-state index in [1.54, 1.807) is 6.92 Å². The van der Waals surface area contributed by atoms with Crippen LogP contribution >= 0.6 is 0 Å². The molecule has 0 aromatic rings. The minimum atomic E-state index is -0.545. The van der Waals surface area contributed by atoms with Gasteiger partial charge in [0.15, 0.2) is 0 Å². The molecule has 1 unspecified atom stereocenters. The smallest absolute Gasteiger partial charge is 0.243 e. The molecule has 4 heteroatoms. The molecule has 78 valence electrons. The first-order valence-electron chi connectivity index (χ1n) is 4.75. The number of carbonyl (C=O) groups excluding carboxylic acids is 1. The van der Waals surface area contributed by atoms with Crippen LogP contribution in [0.25, 0.3) is 0 Å². The molecule has 0 saturated carbocycles. The van der Waals surface area contributed by atoms with Crippen molar-refractivity contribution in [3.05, 3.63) is 0 Å². The van der Waals surface area contributed by atoms with E-state index in [9.17, 15) is 4.79 Å². The molecule has 0 saturated heterocycles. The summed E-state index contributed by atoms with van der Waals surface area (Å²) in [7, 11) is 0. The van der Waals surface area contributed by atoms with E-state index in [2.05, 4.69) is 12.4 Å². The molecule has 13 heavy (non-hydrogen) atoms. The third-order valence-electron chi connectivity index (χ3n) is 1.52. The van der Waals surface area contributed by atoms with Gasteiger partial charge >= 0.3 is 0 Å². The van der Waals surface area contributed by atoms with Gasteiger partial charge in [-0.1, -0.05) is 19.8 Å². The quantitative estimate of drug-likeness (QED) is 0.464. The molecule has 2 N–H and O–H groups in total. The predicted molar refractivity (Wildman–Crippen MR) is 49.9 cm³/mol. The largest absolute Gasteiger partial charge is 0.391 e. The lowest BCUT2D eigenvalue weighted by Gasteiger charge is -2.06. The van der Waals surface area contributed by atoms with Crippen LogP contribution in [0.2, 0.25) is 0 Å². The second-order valence-electron chi connectivity index (χ2n) is 3.14. The van der Waals surface area contributed by atoms with Crippen LogP contribution in [0.4, 0.5) is 0 Å². The zero-order valence-electron chi connectivity index (χ0n) is 8.38. The van der Waals surface area contributed by atoms with Gasteiger partial charge < -0.3 is 5.11 Å². The van der Waals surface area contributed by atoms with Crippen molar-refractivity contribution in [1.82, 2.24) is 5.48 Å². The highest BCUT2D eigenvalue weighted by molar-refractivity contribution is 5.74. The lowest BCUT2D eigenvalue weighted by atomic mass is 10.2. The minimum Gasteiger partial charge on any atom is -0.391 e. The second kappa shape index (κ2) is 8.01. The molecule has 1 amide bonds. The number of amides is 1. The second-order valence-corrected chi connectivity index (χ2v) is 3.14. The Morgan fingerprint density at radius 2 is 2.23 bits per heavy atom. The van der Waals surface area contributed by atoms with Gasteiger partial charge in [-0.25, -0.2) is 5.48 Å². The van der Waals surface area contributed by atoms with Gasteiger partial charge in [-0.3, -0.25) is 9.63 Å². The maximum Gasteiger partial charge on any atom is 0.243 e.